The lowest BCUT2D eigenvalue weighted by atomic mass is 9.78. The Morgan fingerprint density at radius 1 is 0.867 bits per heavy atom. The van der Waals surface area contributed by atoms with E-state index in [4.69, 9.17) is 38.8 Å². The number of benzene rings is 4. The van der Waals surface area contributed by atoms with E-state index in [0.29, 0.717) is 36.9 Å². The first-order valence-electron chi connectivity index (χ1n) is 32.8. The van der Waals surface area contributed by atoms with E-state index in [2.05, 4.69) is 21.3 Å². The molecule has 98 heavy (non-hydrogen) atoms. The molecule has 5 aromatic rings. The fourth-order valence-electron chi connectivity index (χ4n) is 12.5. The number of hydrogen-bond acceptors (Lipinski definition) is 20. The minimum atomic E-state index is -2.17. The summed E-state index contributed by atoms with van der Waals surface area (Å²) >= 11 is 0. The van der Waals surface area contributed by atoms with Crippen molar-refractivity contribution in [3.8, 4) is 17.2 Å². The number of fused-ring (bicyclic) bond motifs is 2. The van der Waals surface area contributed by atoms with Crippen LogP contribution in [0.4, 0.5) is 16.2 Å². The number of carbonyl (C=O) groups is 9. The van der Waals surface area contributed by atoms with Gasteiger partial charge in [-0.25, -0.2) is 9.78 Å². The van der Waals surface area contributed by atoms with Crippen LogP contribution in [0.2, 0.25) is 0 Å². The van der Waals surface area contributed by atoms with Gasteiger partial charge in [0.15, 0.2) is 28.1 Å². The number of aromatic nitrogens is 1. The van der Waals surface area contributed by atoms with E-state index in [9.17, 15) is 58.5 Å². The van der Waals surface area contributed by atoms with Crippen molar-refractivity contribution in [2.24, 2.45) is 41.2 Å². The molecule has 0 radical (unpaired) electrons. The number of aromatic hydroxyl groups is 1. The van der Waals surface area contributed by atoms with Gasteiger partial charge < -0.3 is 70.4 Å². The highest BCUT2D eigenvalue weighted by Gasteiger charge is 2.50. The van der Waals surface area contributed by atoms with Gasteiger partial charge in [-0.3, -0.25) is 48.1 Å². The monoisotopic (exact) mass is 1350 g/mol. The number of imide groups is 1. The number of urea groups is 1. The predicted octanol–water partition coefficient (Wildman–Crippen LogP) is 8.17. The molecule has 0 saturated carbocycles. The number of hydrogen-bond donors (Lipinski definition) is 8. The Balaban J connectivity index is 1.08. The number of rotatable bonds is 22. The number of carbonyl (C=O) groups excluding carboxylic acids is 9. The molecule has 0 spiro atoms. The maximum Gasteiger partial charge on any atom is 0.312 e. The van der Waals surface area contributed by atoms with Crippen molar-refractivity contribution < 1.29 is 86.6 Å². The molecule has 4 heterocycles. The summed E-state index contributed by atoms with van der Waals surface area (Å²) in [6.07, 6.45) is 7.42. The number of nitrogens with one attached hydrogen (secondary N) is 4. The second-order valence-electron chi connectivity index (χ2n) is 25.9. The summed E-state index contributed by atoms with van der Waals surface area (Å²) < 4.78 is 37.1. The van der Waals surface area contributed by atoms with Gasteiger partial charge in [0.05, 0.1) is 41.6 Å². The van der Waals surface area contributed by atoms with Crippen LogP contribution in [-0.4, -0.2) is 135 Å². The zero-order valence-electron chi connectivity index (χ0n) is 56.9. The highest BCUT2D eigenvalue weighted by molar-refractivity contribution is 6.26. The van der Waals surface area contributed by atoms with Gasteiger partial charge in [-0.2, -0.15) is 0 Å². The van der Waals surface area contributed by atoms with Crippen molar-refractivity contribution in [3.05, 3.63) is 118 Å². The quantitative estimate of drug-likeness (QED) is 0.00808. The number of aliphatic hydroxyl groups is 2. The number of nitrogens with zero attached hydrogens (tertiary/aromatic N) is 2. The predicted molar refractivity (Wildman–Crippen MR) is 362 cm³/mol. The van der Waals surface area contributed by atoms with Crippen molar-refractivity contribution >= 4 is 97.4 Å². The van der Waals surface area contributed by atoms with Crippen LogP contribution in [-0.2, 0) is 54.4 Å². The second-order valence-corrected chi connectivity index (χ2v) is 25.9. The van der Waals surface area contributed by atoms with Gasteiger partial charge in [-0.05, 0) is 81.4 Å². The van der Waals surface area contributed by atoms with Crippen molar-refractivity contribution in [1.82, 2.24) is 20.5 Å². The van der Waals surface area contributed by atoms with Crippen LogP contribution in [0, 0.1) is 42.4 Å². The zero-order valence-corrected chi connectivity index (χ0v) is 56.9. The third-order valence-corrected chi connectivity index (χ3v) is 18.3. The SMILES string of the molecule is CO[C@H]1/C=C/O[C@@]2(C)Oc3c(C)c(=O)c4c(O)c(c5oc6cccc(OCc7ccc(NC(=O)[C@H](CCCNC(N)=O)CC(=O)[C@@H](NC(=O)CCCCCN8C(=O)C=CC8=O)C(C)C)cc7)c6nc5c4c3C2=O)NC(=O)/C(C)=C\C=C\[C@H](C)[C@H](O)[C@@H](C)[C@@H](O)[C@@H](C)[C@H](OC(C)=O)[C@@H]1C. The number of nitrogens with two attached hydrogens (primary N) is 1. The average Bonchev–Trinajstić information content (AvgIpc) is 1.39. The van der Waals surface area contributed by atoms with Crippen LogP contribution in [0.15, 0.2) is 100.0 Å². The fourth-order valence-corrected chi connectivity index (χ4v) is 12.5. The van der Waals surface area contributed by atoms with Crippen LogP contribution >= 0.6 is 0 Å². The zero-order chi connectivity index (χ0) is 71.6. The number of phenols is 1. The number of ketones is 2. The summed E-state index contributed by atoms with van der Waals surface area (Å²) in [6.45, 7) is 16.1. The van der Waals surface area contributed by atoms with Crippen LogP contribution in [0.5, 0.6) is 17.2 Å². The third kappa shape index (κ3) is 16.8. The number of methoxy groups -OCH3 is 1. The number of allylic oxidation sites excluding steroid dienone is 2. The van der Waals surface area contributed by atoms with Gasteiger partial charge >= 0.3 is 17.8 Å². The van der Waals surface area contributed by atoms with Crippen LogP contribution < -0.4 is 41.9 Å². The van der Waals surface area contributed by atoms with E-state index in [0.717, 1.165) is 4.90 Å². The lowest BCUT2D eigenvalue weighted by Gasteiger charge is -2.38. The molecule has 11 atom stereocenters. The summed E-state index contributed by atoms with van der Waals surface area (Å²) in [5, 5.41) is 45.9. The molecule has 0 fully saturated rings. The van der Waals surface area contributed by atoms with Gasteiger partial charge in [0.1, 0.15) is 40.9 Å². The van der Waals surface area contributed by atoms with E-state index in [1.807, 2.05) is 0 Å². The molecule has 26 heteroatoms. The molecule has 3 aliphatic rings. The second kappa shape index (κ2) is 32.0. The molecule has 0 unspecified atom stereocenters. The smallest absolute Gasteiger partial charge is 0.312 e. The molecule has 524 valence electrons. The van der Waals surface area contributed by atoms with Gasteiger partial charge in [-0.15, -0.1) is 0 Å². The average molecular weight is 1350 g/mol. The summed E-state index contributed by atoms with van der Waals surface area (Å²) in [5.41, 5.74) is 4.68. The van der Waals surface area contributed by atoms with Crippen molar-refractivity contribution in [2.75, 3.05) is 30.8 Å². The first kappa shape index (κ1) is 74.0. The molecule has 8 rings (SSSR count). The Bertz CT molecular complexity index is 4080. The molecule has 4 bridgehead atoms. The van der Waals surface area contributed by atoms with Gasteiger partial charge in [0.2, 0.25) is 11.8 Å². The highest BCUT2D eigenvalue weighted by Crippen LogP contribution is 2.49. The number of unbranched alkanes of at least 4 members (excludes halogenated alkanes) is 2. The lowest BCUT2D eigenvalue weighted by molar-refractivity contribution is -0.160. The standard InChI is InChI=1S/C72H87N7O19/c1-36(2)57(76-51(82)23-13-12-14-32-79-52(83)28-29-53(79)84)47(81)34-45(20-17-31-74-71(73)92)70(91)75-46-26-24-44(25-27-46)35-94-49-21-16-22-50-58(49)77-59-54-55-63(87)42(8)66-56(54)68(89)72(10,98-66)95-33-30-48(93-11)39(5)65(96-43(9)80)41(7)62(86)40(6)61(85)37(3)18-15-19-38(4)69(90)78-60(64(55)88)67(59)97-50/h15-16,18-19,21-22,24-30,33,36-37,39-41,45,48,57,61-62,65,85-86,88H,12-14,17,20,23,31-32,34-35H2,1-11H3,(H,75,91)(H,76,82)(H,78,90)(H3,73,74,92)/b18-15+,33-30+,38-19-/t37-,39+,40+,41+,45+,48-,57-,61-,62+,65+,72-/m0/s1. The number of aliphatic hydroxyl groups excluding tert-OH is 2. The molecular formula is C72H87N7O19. The number of amides is 7. The van der Waals surface area contributed by atoms with Gasteiger partial charge in [0.25, 0.3) is 23.5 Å². The largest absolute Gasteiger partial charge is 0.505 e. The molecule has 9 N–H and O–H groups in total. The van der Waals surface area contributed by atoms with E-state index < -0.39 is 112 Å². The van der Waals surface area contributed by atoms with Gasteiger partial charge in [-0.1, -0.05) is 84.4 Å². The Hall–Kier alpha value is -9.79. The van der Waals surface area contributed by atoms with Crippen molar-refractivity contribution in [2.45, 2.75) is 157 Å². The number of anilines is 2. The minimum absolute atomic E-state index is 0.0789. The van der Waals surface area contributed by atoms with Crippen LogP contribution in [0.3, 0.4) is 0 Å². The van der Waals surface area contributed by atoms with E-state index in [-0.39, 0.29) is 130 Å². The normalized spacial score (nSPS) is 24.0. The molecule has 26 nitrogen and oxygen atoms in total. The molecule has 4 aromatic carbocycles. The molecule has 3 aliphatic heterocycles. The van der Waals surface area contributed by atoms with E-state index in [1.165, 1.54) is 65.4 Å². The fraction of sp³-hybridized carbons (Fsp3) is 0.458. The molecule has 0 aliphatic carbocycles. The number of Topliss-reactive ketones (excluding diaryl/α,β-unsaturated/α-hetero) is 2. The third-order valence-electron chi connectivity index (χ3n) is 18.3. The topological polar surface area (TPSA) is 381 Å². The van der Waals surface area contributed by atoms with Gasteiger partial charge in [0, 0.05) is 111 Å². The Labute approximate surface area is 566 Å². The van der Waals surface area contributed by atoms with Crippen LogP contribution in [0.25, 0.3) is 33.0 Å². The van der Waals surface area contributed by atoms with E-state index >= 15 is 4.79 Å². The summed E-state index contributed by atoms with van der Waals surface area (Å²) in [6, 6.07) is 9.76. The Kier molecular flexibility index (Phi) is 24.2. The summed E-state index contributed by atoms with van der Waals surface area (Å²) in [4.78, 5) is 139. The highest BCUT2D eigenvalue weighted by atomic mass is 16.7. The van der Waals surface area contributed by atoms with Crippen molar-refractivity contribution in [3.63, 3.8) is 0 Å². The first-order chi connectivity index (χ1) is 46.5. The maximum atomic E-state index is 15.1. The molecule has 0 saturated heterocycles. The number of phenolic OH excluding ortho intramolecular Hbond substituents is 1. The number of para-hydroxylation sites is 1. The Morgan fingerprint density at radius 3 is 2.23 bits per heavy atom. The first-order valence-corrected chi connectivity index (χ1v) is 32.8. The molecule has 1 aromatic heterocycles. The summed E-state index contributed by atoms with van der Waals surface area (Å²) in [7, 11) is 1.41. The Morgan fingerprint density at radius 2 is 1.57 bits per heavy atom. The van der Waals surface area contributed by atoms with E-state index in [1.54, 1.807) is 96.2 Å². The molecule has 7 amide bonds. The molecular weight excluding hydrogens is 1270 g/mol. The van der Waals surface area contributed by atoms with Crippen molar-refractivity contribution in [1.29, 1.82) is 0 Å². The number of primary amides is 1. The maximum absolute atomic E-state index is 15.1. The minimum Gasteiger partial charge on any atom is -0.505 e. The number of esters is 1. The number of ether oxygens (including phenoxy) is 5. The van der Waals surface area contributed by atoms with Crippen LogP contribution in [0.1, 0.15) is 129 Å². The lowest BCUT2D eigenvalue weighted by Crippen LogP contribution is -2.46. The summed E-state index contributed by atoms with van der Waals surface area (Å²) in [5.74, 6) is -11.1.